The van der Waals surface area contributed by atoms with Crippen LogP contribution in [0.1, 0.15) is 11.6 Å². The predicted octanol–water partition coefficient (Wildman–Crippen LogP) is 3.60. The maximum absolute atomic E-state index is 13.6. The van der Waals surface area contributed by atoms with Crippen molar-refractivity contribution >= 4 is 39.3 Å². The third-order valence-corrected chi connectivity index (χ3v) is 3.76. The smallest absolute Gasteiger partial charge is 0.147 e. The molecule has 2 N–H and O–H groups in total. The van der Waals surface area contributed by atoms with Gasteiger partial charge in [0.15, 0.2) is 0 Å². The van der Waals surface area contributed by atoms with E-state index in [1.165, 1.54) is 0 Å². The Kier molecular flexibility index (Phi) is 4.70. The number of hydrogen-bond acceptors (Lipinski definition) is 2. The molecular weight excluding hydrogens is 289 g/mol. The molecule has 5 heteroatoms. The van der Waals surface area contributed by atoms with Crippen LogP contribution < -0.4 is 5.73 Å². The second kappa shape index (κ2) is 5.35. The lowest BCUT2D eigenvalue weighted by molar-refractivity contribution is 0.595. The highest BCUT2D eigenvalue weighted by Gasteiger charge is 2.15. The third kappa shape index (κ3) is 2.63. The molecule has 0 amide bonds. The minimum Gasteiger partial charge on any atom is -0.323 e. The first kappa shape index (κ1) is 12.3. The first-order valence-corrected chi connectivity index (χ1v) is 6.52. The Morgan fingerprint density at radius 2 is 2.29 bits per heavy atom. The minimum absolute atomic E-state index is 0.0963. The van der Waals surface area contributed by atoms with Gasteiger partial charge in [-0.05, 0) is 28.3 Å². The van der Waals surface area contributed by atoms with E-state index >= 15 is 0 Å². The van der Waals surface area contributed by atoms with Crippen molar-refractivity contribution in [3.63, 3.8) is 0 Å². The summed E-state index contributed by atoms with van der Waals surface area (Å²) in [6, 6.07) is 3.06. The van der Waals surface area contributed by atoms with Gasteiger partial charge in [-0.25, -0.2) is 4.39 Å². The molecule has 1 aromatic rings. The Morgan fingerprint density at radius 1 is 1.64 bits per heavy atom. The van der Waals surface area contributed by atoms with Crippen LogP contribution in [0.2, 0.25) is 5.02 Å². The highest BCUT2D eigenvalue weighted by atomic mass is 79.9. The van der Waals surface area contributed by atoms with Gasteiger partial charge in [0.25, 0.3) is 0 Å². The molecule has 1 aromatic carbocycles. The fraction of sp³-hybridized carbons (Fsp3) is 0.333. The van der Waals surface area contributed by atoms with Crippen molar-refractivity contribution in [3.8, 4) is 0 Å². The summed E-state index contributed by atoms with van der Waals surface area (Å²) < 4.78 is 14.1. The van der Waals surface area contributed by atoms with Gasteiger partial charge < -0.3 is 5.73 Å². The van der Waals surface area contributed by atoms with Crippen molar-refractivity contribution in [1.29, 1.82) is 0 Å². The summed E-state index contributed by atoms with van der Waals surface area (Å²) in [5.41, 5.74) is 6.26. The van der Waals surface area contributed by atoms with E-state index < -0.39 is 5.82 Å². The van der Waals surface area contributed by atoms with Crippen LogP contribution in [-0.2, 0) is 0 Å². The molecule has 0 heterocycles. The van der Waals surface area contributed by atoms with Crippen LogP contribution in [-0.4, -0.2) is 12.0 Å². The highest BCUT2D eigenvalue weighted by molar-refractivity contribution is 9.10. The van der Waals surface area contributed by atoms with Gasteiger partial charge in [-0.15, -0.1) is 0 Å². The lowest BCUT2D eigenvalue weighted by Crippen LogP contribution is -2.14. The maximum atomic E-state index is 13.6. The zero-order chi connectivity index (χ0) is 10.7. The van der Waals surface area contributed by atoms with E-state index in [2.05, 4.69) is 15.9 Å². The molecule has 0 saturated heterocycles. The third-order valence-electron chi connectivity index (χ3n) is 1.81. The van der Waals surface area contributed by atoms with Crippen LogP contribution in [0.25, 0.3) is 0 Å². The largest absolute Gasteiger partial charge is 0.323 e. The first-order valence-electron chi connectivity index (χ1n) is 3.95. The van der Waals surface area contributed by atoms with Gasteiger partial charge in [-0.1, -0.05) is 17.7 Å². The normalized spacial score (nSPS) is 12.9. The summed E-state index contributed by atoms with van der Waals surface area (Å²) >= 11 is 10.5. The lowest BCUT2D eigenvalue weighted by Gasteiger charge is -2.12. The molecule has 1 unspecified atom stereocenters. The predicted molar refractivity (Wildman–Crippen MR) is 64.4 cm³/mol. The standard InChI is InChI=1S/C9H10BrClFNS/c1-14-4-7(13)5-2-3-6(10)8(11)9(5)12/h2-3,7H,4,13H2,1H3. The number of rotatable bonds is 3. The molecule has 0 radical (unpaired) electrons. The molecule has 0 saturated carbocycles. The van der Waals surface area contributed by atoms with Crippen molar-refractivity contribution < 1.29 is 4.39 Å². The lowest BCUT2D eigenvalue weighted by atomic mass is 10.1. The highest BCUT2D eigenvalue weighted by Crippen LogP contribution is 2.30. The number of nitrogens with two attached hydrogens (primary N) is 1. The van der Waals surface area contributed by atoms with Gasteiger partial charge in [0, 0.05) is 21.8 Å². The van der Waals surface area contributed by atoms with E-state index in [4.69, 9.17) is 17.3 Å². The molecule has 1 rings (SSSR count). The summed E-state index contributed by atoms with van der Waals surface area (Å²) in [6.07, 6.45) is 1.93. The Bertz CT molecular complexity index is 335. The molecule has 0 bridgehead atoms. The van der Waals surface area contributed by atoms with Gasteiger partial charge in [0.2, 0.25) is 0 Å². The van der Waals surface area contributed by atoms with Crippen LogP contribution in [0.4, 0.5) is 4.39 Å². The van der Waals surface area contributed by atoms with Crippen LogP contribution in [0.3, 0.4) is 0 Å². The summed E-state index contributed by atoms with van der Waals surface area (Å²) in [7, 11) is 0. The van der Waals surface area contributed by atoms with Gasteiger partial charge >= 0.3 is 0 Å². The van der Waals surface area contributed by atoms with E-state index in [9.17, 15) is 4.39 Å². The zero-order valence-corrected chi connectivity index (χ0v) is 10.7. The van der Waals surface area contributed by atoms with Crippen LogP contribution in [0, 0.1) is 5.82 Å². The van der Waals surface area contributed by atoms with E-state index in [1.54, 1.807) is 23.9 Å². The second-order valence-electron chi connectivity index (χ2n) is 2.83. The zero-order valence-electron chi connectivity index (χ0n) is 7.56. The molecule has 0 fully saturated rings. The van der Waals surface area contributed by atoms with Gasteiger partial charge in [0.05, 0.1) is 5.02 Å². The number of benzene rings is 1. The molecular formula is C9H10BrClFNS. The van der Waals surface area contributed by atoms with E-state index in [0.717, 1.165) is 0 Å². The van der Waals surface area contributed by atoms with Crippen molar-refractivity contribution in [2.24, 2.45) is 5.73 Å². The van der Waals surface area contributed by atoms with Crippen molar-refractivity contribution in [2.75, 3.05) is 12.0 Å². The van der Waals surface area contributed by atoms with Crippen molar-refractivity contribution in [2.45, 2.75) is 6.04 Å². The molecule has 1 nitrogen and oxygen atoms in total. The van der Waals surface area contributed by atoms with Crippen LogP contribution >= 0.6 is 39.3 Å². The first-order chi connectivity index (χ1) is 6.57. The monoisotopic (exact) mass is 297 g/mol. The molecule has 0 aliphatic rings. The quantitative estimate of drug-likeness (QED) is 0.863. The van der Waals surface area contributed by atoms with Gasteiger partial charge in [0.1, 0.15) is 5.82 Å². The topological polar surface area (TPSA) is 26.0 Å². The second-order valence-corrected chi connectivity index (χ2v) is 4.97. The Morgan fingerprint density at radius 3 is 2.86 bits per heavy atom. The Balaban J connectivity index is 3.04. The number of thioether (sulfide) groups is 1. The van der Waals surface area contributed by atoms with E-state index in [-0.39, 0.29) is 11.1 Å². The Labute approximate surface area is 100 Å². The molecule has 14 heavy (non-hydrogen) atoms. The summed E-state index contributed by atoms with van der Waals surface area (Å²) in [6.45, 7) is 0. The SMILES string of the molecule is CSCC(N)c1ccc(Br)c(Cl)c1F. The van der Waals surface area contributed by atoms with E-state index in [0.29, 0.717) is 15.8 Å². The molecule has 0 spiro atoms. The summed E-state index contributed by atoms with van der Waals surface area (Å²) in [5.74, 6) is 0.247. The number of halogens is 3. The van der Waals surface area contributed by atoms with Crippen molar-refractivity contribution in [1.82, 2.24) is 0 Å². The van der Waals surface area contributed by atoms with E-state index in [1.807, 2.05) is 6.26 Å². The maximum Gasteiger partial charge on any atom is 0.147 e. The molecule has 78 valence electrons. The average Bonchev–Trinajstić information content (AvgIpc) is 2.15. The summed E-state index contributed by atoms with van der Waals surface area (Å²) in [4.78, 5) is 0. The van der Waals surface area contributed by atoms with Crippen LogP contribution in [0.15, 0.2) is 16.6 Å². The molecule has 0 aliphatic heterocycles. The molecule has 0 aromatic heterocycles. The fourth-order valence-electron chi connectivity index (χ4n) is 1.10. The average molecular weight is 299 g/mol. The molecule has 0 aliphatic carbocycles. The fourth-order valence-corrected chi connectivity index (χ4v) is 2.11. The molecule has 1 atom stereocenters. The summed E-state index contributed by atoms with van der Waals surface area (Å²) in [5, 5.41) is 0.0963. The van der Waals surface area contributed by atoms with Crippen molar-refractivity contribution in [3.05, 3.63) is 33.0 Å². The van der Waals surface area contributed by atoms with Gasteiger partial charge in [-0.2, -0.15) is 11.8 Å². The number of hydrogen-bond donors (Lipinski definition) is 1. The minimum atomic E-state index is -0.428. The van der Waals surface area contributed by atoms with Gasteiger partial charge in [-0.3, -0.25) is 0 Å². The Hall–Kier alpha value is 0.230. The van der Waals surface area contributed by atoms with Crippen LogP contribution in [0.5, 0.6) is 0 Å².